The summed E-state index contributed by atoms with van der Waals surface area (Å²) >= 11 is 1.52. The number of nitrogens with one attached hydrogen (secondary N) is 3. The molecule has 0 heterocycles. The third-order valence-corrected chi connectivity index (χ3v) is 4.63. The summed E-state index contributed by atoms with van der Waals surface area (Å²) in [6.07, 6.45) is 2.24. The number of hydrogen-bond donors (Lipinski definition) is 3. The molecular weight excluding hydrogens is 397 g/mol. The van der Waals surface area contributed by atoms with Crippen molar-refractivity contribution in [1.82, 2.24) is 16.2 Å². The van der Waals surface area contributed by atoms with Gasteiger partial charge in [-0.1, -0.05) is 12.1 Å². The van der Waals surface area contributed by atoms with Gasteiger partial charge in [0.05, 0.1) is 12.7 Å². The van der Waals surface area contributed by atoms with Crippen molar-refractivity contribution < 1.29 is 23.5 Å². The van der Waals surface area contributed by atoms with Crippen LogP contribution >= 0.6 is 11.8 Å². The number of thioether (sulfide) groups is 1. The first-order valence-corrected chi connectivity index (χ1v) is 10.1. The number of carbonyl (C=O) groups excluding carboxylic acids is 3. The summed E-state index contributed by atoms with van der Waals surface area (Å²) in [6, 6.07) is 10.7. The molecule has 0 aromatic heterocycles. The maximum absolute atomic E-state index is 13.0. The Labute approximate surface area is 172 Å². The van der Waals surface area contributed by atoms with Gasteiger partial charge in [0.25, 0.3) is 17.7 Å². The molecule has 2 rings (SSSR count). The van der Waals surface area contributed by atoms with Crippen molar-refractivity contribution in [2.75, 3.05) is 19.1 Å². The summed E-state index contributed by atoms with van der Waals surface area (Å²) in [5, 5.41) is 2.67. The molecular formula is C20H22FN3O4S. The normalized spacial score (nSPS) is 11.3. The minimum atomic E-state index is -0.867. The van der Waals surface area contributed by atoms with E-state index in [-0.39, 0.29) is 5.56 Å². The summed E-state index contributed by atoms with van der Waals surface area (Å²) in [6.45, 7) is 0. The van der Waals surface area contributed by atoms with Gasteiger partial charge in [0.1, 0.15) is 17.6 Å². The number of ether oxygens (including phenoxy) is 1. The van der Waals surface area contributed by atoms with Gasteiger partial charge in [-0.15, -0.1) is 0 Å². The number of hydrogen-bond acceptors (Lipinski definition) is 5. The summed E-state index contributed by atoms with van der Waals surface area (Å²) in [5.41, 5.74) is 5.05. The van der Waals surface area contributed by atoms with E-state index in [4.69, 9.17) is 4.74 Å². The number of benzene rings is 2. The molecule has 29 heavy (non-hydrogen) atoms. The SMILES string of the molecule is COc1ccccc1C(=O)N[C@H](CCSC)C(=O)NNC(=O)c1ccc(F)cc1. The molecule has 3 amide bonds. The summed E-state index contributed by atoms with van der Waals surface area (Å²) in [7, 11) is 1.45. The third-order valence-electron chi connectivity index (χ3n) is 3.99. The van der Waals surface area contributed by atoms with E-state index >= 15 is 0 Å². The smallest absolute Gasteiger partial charge is 0.269 e. The Balaban J connectivity index is 2.02. The van der Waals surface area contributed by atoms with Gasteiger partial charge in [-0.05, 0) is 54.8 Å². The molecule has 2 aromatic carbocycles. The van der Waals surface area contributed by atoms with E-state index < -0.39 is 29.6 Å². The highest BCUT2D eigenvalue weighted by Gasteiger charge is 2.23. The fourth-order valence-electron chi connectivity index (χ4n) is 2.45. The highest BCUT2D eigenvalue weighted by molar-refractivity contribution is 7.98. The van der Waals surface area contributed by atoms with Crippen molar-refractivity contribution in [3.63, 3.8) is 0 Å². The number of carbonyl (C=O) groups is 3. The number of halogens is 1. The first-order valence-electron chi connectivity index (χ1n) is 8.74. The molecule has 3 N–H and O–H groups in total. The molecule has 1 atom stereocenters. The van der Waals surface area contributed by atoms with Gasteiger partial charge in [0.2, 0.25) is 0 Å². The number of methoxy groups -OCH3 is 1. The summed E-state index contributed by atoms with van der Waals surface area (Å²) in [5.74, 6) is -1.10. The largest absolute Gasteiger partial charge is 0.496 e. The zero-order valence-corrected chi connectivity index (χ0v) is 16.8. The predicted molar refractivity (Wildman–Crippen MR) is 109 cm³/mol. The van der Waals surface area contributed by atoms with Gasteiger partial charge in [-0.2, -0.15) is 11.8 Å². The molecule has 0 aliphatic heterocycles. The van der Waals surface area contributed by atoms with Crippen molar-refractivity contribution >= 4 is 29.5 Å². The highest BCUT2D eigenvalue weighted by Crippen LogP contribution is 2.17. The minimum Gasteiger partial charge on any atom is -0.496 e. The maximum Gasteiger partial charge on any atom is 0.269 e. The Kier molecular flexibility index (Phi) is 8.47. The van der Waals surface area contributed by atoms with Crippen LogP contribution in [0.3, 0.4) is 0 Å². The lowest BCUT2D eigenvalue weighted by atomic mass is 10.1. The van der Waals surface area contributed by atoms with Crippen LogP contribution in [0.4, 0.5) is 4.39 Å². The highest BCUT2D eigenvalue weighted by atomic mass is 32.2. The van der Waals surface area contributed by atoms with Crippen LogP contribution in [-0.4, -0.2) is 42.9 Å². The molecule has 0 saturated heterocycles. The van der Waals surface area contributed by atoms with Gasteiger partial charge in [-0.25, -0.2) is 4.39 Å². The maximum atomic E-state index is 13.0. The van der Waals surface area contributed by atoms with E-state index in [0.29, 0.717) is 23.5 Å². The molecule has 0 fully saturated rings. The quantitative estimate of drug-likeness (QED) is 0.570. The number of amides is 3. The Morgan fingerprint density at radius 1 is 1.03 bits per heavy atom. The first-order chi connectivity index (χ1) is 14.0. The first kappa shape index (κ1) is 22.2. The second kappa shape index (κ2) is 11.1. The summed E-state index contributed by atoms with van der Waals surface area (Å²) < 4.78 is 18.1. The Hall–Kier alpha value is -3.07. The molecule has 0 bridgehead atoms. The molecule has 0 spiro atoms. The van der Waals surface area contributed by atoms with Crippen LogP contribution in [0.15, 0.2) is 48.5 Å². The number of rotatable bonds is 8. The molecule has 0 aliphatic carbocycles. The third kappa shape index (κ3) is 6.49. The topological polar surface area (TPSA) is 96.5 Å². The van der Waals surface area contributed by atoms with Crippen LogP contribution < -0.4 is 20.9 Å². The number of para-hydroxylation sites is 1. The molecule has 0 unspecified atom stereocenters. The van der Waals surface area contributed by atoms with Gasteiger partial charge in [-0.3, -0.25) is 25.2 Å². The van der Waals surface area contributed by atoms with Crippen LogP contribution in [-0.2, 0) is 4.79 Å². The molecule has 2 aromatic rings. The van der Waals surface area contributed by atoms with Crippen LogP contribution in [0.5, 0.6) is 5.75 Å². The minimum absolute atomic E-state index is 0.186. The lowest BCUT2D eigenvalue weighted by Gasteiger charge is -2.19. The van der Waals surface area contributed by atoms with E-state index in [9.17, 15) is 18.8 Å². The van der Waals surface area contributed by atoms with Crippen molar-refractivity contribution in [1.29, 1.82) is 0 Å². The van der Waals surface area contributed by atoms with Crippen molar-refractivity contribution in [2.24, 2.45) is 0 Å². The Morgan fingerprint density at radius 3 is 2.38 bits per heavy atom. The monoisotopic (exact) mass is 419 g/mol. The van der Waals surface area contributed by atoms with E-state index in [1.807, 2.05) is 6.26 Å². The van der Waals surface area contributed by atoms with Gasteiger partial charge < -0.3 is 10.1 Å². The Morgan fingerprint density at radius 2 is 1.72 bits per heavy atom. The van der Waals surface area contributed by atoms with Crippen LogP contribution in [0.1, 0.15) is 27.1 Å². The molecule has 0 saturated carbocycles. The lowest BCUT2D eigenvalue weighted by Crippen LogP contribution is -2.52. The molecule has 0 aliphatic rings. The zero-order valence-electron chi connectivity index (χ0n) is 16.0. The average Bonchev–Trinajstić information content (AvgIpc) is 2.74. The molecule has 7 nitrogen and oxygen atoms in total. The average molecular weight is 419 g/mol. The predicted octanol–water partition coefficient (Wildman–Crippen LogP) is 2.15. The Bertz CT molecular complexity index is 861. The second-order valence-corrected chi connectivity index (χ2v) is 6.94. The fraction of sp³-hybridized carbons (Fsp3) is 0.250. The molecule has 154 valence electrons. The standard InChI is InChI=1S/C20H22FN3O4S/c1-28-17-6-4-3-5-15(17)19(26)22-16(11-12-29-2)20(27)24-23-18(25)13-7-9-14(21)10-8-13/h3-10,16H,11-12H2,1-2H3,(H,22,26)(H,23,25)(H,24,27)/t16-/m1/s1. The van der Waals surface area contributed by atoms with Gasteiger partial charge in [0.15, 0.2) is 0 Å². The number of hydrazine groups is 1. The van der Waals surface area contributed by atoms with Gasteiger partial charge >= 0.3 is 0 Å². The van der Waals surface area contributed by atoms with E-state index in [0.717, 1.165) is 12.1 Å². The van der Waals surface area contributed by atoms with Crippen molar-refractivity contribution in [3.8, 4) is 5.75 Å². The molecule has 9 heteroatoms. The van der Waals surface area contributed by atoms with E-state index in [1.54, 1.807) is 24.3 Å². The van der Waals surface area contributed by atoms with Crippen LogP contribution in [0.2, 0.25) is 0 Å². The second-order valence-electron chi connectivity index (χ2n) is 5.96. The van der Waals surface area contributed by atoms with Crippen LogP contribution in [0.25, 0.3) is 0 Å². The summed E-state index contributed by atoms with van der Waals surface area (Å²) in [4.78, 5) is 37.2. The lowest BCUT2D eigenvalue weighted by molar-refractivity contribution is -0.123. The van der Waals surface area contributed by atoms with Crippen molar-refractivity contribution in [3.05, 3.63) is 65.5 Å². The van der Waals surface area contributed by atoms with Crippen molar-refractivity contribution in [2.45, 2.75) is 12.5 Å². The zero-order chi connectivity index (χ0) is 21.2. The van der Waals surface area contributed by atoms with E-state index in [2.05, 4.69) is 16.2 Å². The van der Waals surface area contributed by atoms with Gasteiger partial charge in [0, 0.05) is 5.56 Å². The molecule has 0 radical (unpaired) electrons. The van der Waals surface area contributed by atoms with E-state index in [1.165, 1.54) is 31.0 Å². The fourth-order valence-corrected chi connectivity index (χ4v) is 2.92. The van der Waals surface area contributed by atoms with Crippen LogP contribution in [0, 0.1) is 5.82 Å².